The van der Waals surface area contributed by atoms with Gasteiger partial charge in [-0.25, -0.2) is 21.9 Å². The Labute approximate surface area is 168 Å². The second kappa shape index (κ2) is 7.50. The third-order valence-corrected chi connectivity index (χ3v) is 6.28. The van der Waals surface area contributed by atoms with Crippen molar-refractivity contribution in [3.8, 4) is 11.1 Å². The quantitative estimate of drug-likeness (QED) is 0.809. The van der Waals surface area contributed by atoms with Gasteiger partial charge in [0.1, 0.15) is 11.6 Å². The average Bonchev–Trinajstić information content (AvgIpc) is 3.31. The molecule has 1 N–H and O–H groups in total. The van der Waals surface area contributed by atoms with E-state index in [0.29, 0.717) is 31.5 Å². The lowest BCUT2D eigenvalue weighted by molar-refractivity contribution is -0.131. The number of hydrogen-bond donors (Lipinski definition) is 1. The van der Waals surface area contributed by atoms with Crippen LogP contribution in [0.15, 0.2) is 42.5 Å². The number of likely N-dealkylation sites (tertiary alicyclic amines) is 1. The fraction of sp³-hybridized carbons (Fsp3) is 0.381. The summed E-state index contributed by atoms with van der Waals surface area (Å²) in [4.78, 5) is 14.6. The normalized spacial score (nSPS) is 24.0. The molecule has 2 aromatic rings. The van der Waals surface area contributed by atoms with Crippen LogP contribution in [0.5, 0.6) is 0 Å². The van der Waals surface area contributed by atoms with Gasteiger partial charge in [-0.1, -0.05) is 24.3 Å². The summed E-state index contributed by atoms with van der Waals surface area (Å²) < 4.78 is 52.7. The van der Waals surface area contributed by atoms with Crippen LogP contribution in [0.25, 0.3) is 11.1 Å². The van der Waals surface area contributed by atoms with E-state index in [2.05, 4.69) is 4.72 Å². The van der Waals surface area contributed by atoms with Crippen LogP contribution in [0, 0.1) is 17.6 Å². The average molecular weight is 420 g/mol. The van der Waals surface area contributed by atoms with Crippen molar-refractivity contribution in [3.63, 3.8) is 0 Å². The molecule has 154 valence electrons. The summed E-state index contributed by atoms with van der Waals surface area (Å²) >= 11 is 0. The third kappa shape index (κ3) is 4.48. The molecule has 1 saturated carbocycles. The minimum Gasteiger partial charge on any atom is -0.341 e. The van der Waals surface area contributed by atoms with Gasteiger partial charge >= 0.3 is 0 Å². The van der Waals surface area contributed by atoms with Crippen LogP contribution in [-0.4, -0.2) is 44.6 Å². The Morgan fingerprint density at radius 3 is 2.52 bits per heavy atom. The lowest BCUT2D eigenvalue weighted by atomic mass is 9.95. The van der Waals surface area contributed by atoms with Gasteiger partial charge in [0.25, 0.3) is 0 Å². The first kappa shape index (κ1) is 20.0. The first-order valence-electron chi connectivity index (χ1n) is 9.53. The number of halogens is 2. The number of carbonyl (C=O) groups is 1. The van der Waals surface area contributed by atoms with Crippen molar-refractivity contribution in [1.29, 1.82) is 0 Å². The Hall–Kier alpha value is -2.32. The maximum atomic E-state index is 13.7. The molecule has 3 atom stereocenters. The second-order valence-corrected chi connectivity index (χ2v) is 9.63. The van der Waals surface area contributed by atoms with E-state index in [4.69, 9.17) is 0 Å². The van der Waals surface area contributed by atoms with Gasteiger partial charge in [-0.3, -0.25) is 4.79 Å². The molecule has 4 rings (SSSR count). The predicted octanol–water partition coefficient (Wildman–Crippen LogP) is 2.89. The van der Waals surface area contributed by atoms with Crippen molar-refractivity contribution in [1.82, 2.24) is 9.62 Å². The number of nitrogens with one attached hydrogen (secondary N) is 1. The van der Waals surface area contributed by atoms with Crippen LogP contribution in [0.4, 0.5) is 8.78 Å². The van der Waals surface area contributed by atoms with Crippen LogP contribution in [0.2, 0.25) is 0 Å². The van der Waals surface area contributed by atoms with Crippen molar-refractivity contribution in [3.05, 3.63) is 59.7 Å². The number of carbonyl (C=O) groups excluding carboxylic acids is 1. The van der Waals surface area contributed by atoms with E-state index < -0.39 is 21.7 Å². The van der Waals surface area contributed by atoms with Crippen molar-refractivity contribution >= 4 is 15.9 Å². The van der Waals surface area contributed by atoms with E-state index >= 15 is 0 Å². The van der Waals surface area contributed by atoms with Crippen LogP contribution in [0.1, 0.15) is 24.3 Å². The molecule has 0 spiro atoms. The number of hydrogen-bond acceptors (Lipinski definition) is 3. The van der Waals surface area contributed by atoms with Crippen LogP contribution in [-0.2, 0) is 14.8 Å². The molecule has 8 heteroatoms. The van der Waals surface area contributed by atoms with Gasteiger partial charge < -0.3 is 4.90 Å². The molecule has 1 saturated heterocycles. The number of rotatable bonds is 5. The van der Waals surface area contributed by atoms with Crippen molar-refractivity contribution in [2.24, 2.45) is 5.92 Å². The SMILES string of the molecule is CS(=O)(=O)N[C@@H]1CCN(C(=O)[C@@H]2C[C@H]2c2ccccc2-c2cc(F)cc(F)c2)C1. The summed E-state index contributed by atoms with van der Waals surface area (Å²) in [5.74, 6) is -1.47. The molecule has 2 aromatic carbocycles. The van der Waals surface area contributed by atoms with Crippen LogP contribution in [0.3, 0.4) is 0 Å². The first-order valence-corrected chi connectivity index (χ1v) is 11.4. The van der Waals surface area contributed by atoms with E-state index in [1.807, 2.05) is 24.3 Å². The maximum absolute atomic E-state index is 13.7. The van der Waals surface area contributed by atoms with Gasteiger partial charge in [0, 0.05) is 31.1 Å². The zero-order chi connectivity index (χ0) is 20.8. The Morgan fingerprint density at radius 2 is 1.83 bits per heavy atom. The lowest BCUT2D eigenvalue weighted by Crippen LogP contribution is -2.38. The maximum Gasteiger partial charge on any atom is 0.226 e. The highest BCUT2D eigenvalue weighted by Crippen LogP contribution is 2.51. The summed E-state index contributed by atoms with van der Waals surface area (Å²) in [6, 6.07) is 10.5. The zero-order valence-electron chi connectivity index (χ0n) is 15.9. The highest BCUT2D eigenvalue weighted by molar-refractivity contribution is 7.88. The number of sulfonamides is 1. The summed E-state index contributed by atoms with van der Waals surface area (Å²) in [5.41, 5.74) is 2.08. The summed E-state index contributed by atoms with van der Waals surface area (Å²) in [6.07, 6.45) is 2.38. The minimum atomic E-state index is -3.31. The predicted molar refractivity (Wildman–Crippen MR) is 106 cm³/mol. The molecule has 1 aliphatic carbocycles. The highest BCUT2D eigenvalue weighted by Gasteiger charge is 2.47. The van der Waals surface area contributed by atoms with E-state index in [-0.39, 0.29) is 23.8 Å². The largest absolute Gasteiger partial charge is 0.341 e. The number of nitrogens with zero attached hydrogens (tertiary/aromatic N) is 1. The van der Waals surface area contributed by atoms with Crippen molar-refractivity contribution < 1.29 is 22.0 Å². The molecule has 0 aromatic heterocycles. The molecule has 0 bridgehead atoms. The van der Waals surface area contributed by atoms with Gasteiger partial charge in [-0.05, 0) is 47.6 Å². The van der Waals surface area contributed by atoms with Gasteiger partial charge in [-0.15, -0.1) is 0 Å². The van der Waals surface area contributed by atoms with Gasteiger partial charge in [0.15, 0.2) is 0 Å². The Kier molecular flexibility index (Phi) is 5.16. The molecule has 5 nitrogen and oxygen atoms in total. The highest BCUT2D eigenvalue weighted by atomic mass is 32.2. The minimum absolute atomic E-state index is 0.00743. The Bertz CT molecular complexity index is 1040. The Morgan fingerprint density at radius 1 is 1.14 bits per heavy atom. The van der Waals surface area contributed by atoms with Crippen LogP contribution >= 0.6 is 0 Å². The molecule has 1 heterocycles. The van der Waals surface area contributed by atoms with E-state index in [9.17, 15) is 22.0 Å². The van der Waals surface area contributed by atoms with E-state index in [1.165, 1.54) is 12.1 Å². The lowest BCUT2D eigenvalue weighted by Gasteiger charge is -2.17. The fourth-order valence-corrected chi connectivity index (χ4v) is 5.00. The first-order chi connectivity index (χ1) is 13.7. The molecular formula is C21H22F2N2O3S. The molecule has 2 aliphatic rings. The third-order valence-electron chi connectivity index (χ3n) is 5.52. The summed E-state index contributed by atoms with van der Waals surface area (Å²) in [5, 5.41) is 0. The van der Waals surface area contributed by atoms with Gasteiger partial charge in [0.2, 0.25) is 15.9 Å². The molecule has 29 heavy (non-hydrogen) atoms. The molecule has 0 unspecified atom stereocenters. The number of amides is 1. The van der Waals surface area contributed by atoms with E-state index in [0.717, 1.165) is 23.4 Å². The standard InChI is InChI=1S/C21H22F2N2O3S/c1-29(27,28)24-16-6-7-25(12-16)21(26)20-11-19(20)18-5-3-2-4-17(18)13-8-14(22)10-15(23)9-13/h2-5,8-10,16,19-20,24H,6-7,11-12H2,1H3/t16-,19+,20-/m1/s1. The van der Waals surface area contributed by atoms with Crippen LogP contribution < -0.4 is 4.72 Å². The molecule has 1 amide bonds. The topological polar surface area (TPSA) is 66.5 Å². The smallest absolute Gasteiger partial charge is 0.226 e. The van der Waals surface area contributed by atoms with Gasteiger partial charge in [0.05, 0.1) is 6.26 Å². The summed E-state index contributed by atoms with van der Waals surface area (Å²) in [6.45, 7) is 0.887. The van der Waals surface area contributed by atoms with Crippen molar-refractivity contribution in [2.75, 3.05) is 19.3 Å². The zero-order valence-corrected chi connectivity index (χ0v) is 16.8. The molecule has 0 radical (unpaired) electrons. The fourth-order valence-electron chi connectivity index (χ4n) is 4.20. The second-order valence-electron chi connectivity index (χ2n) is 7.85. The Balaban J connectivity index is 1.49. The number of benzene rings is 2. The molecule has 1 aliphatic heterocycles. The molecule has 2 fully saturated rings. The van der Waals surface area contributed by atoms with Crippen molar-refractivity contribution in [2.45, 2.75) is 24.8 Å². The monoisotopic (exact) mass is 420 g/mol. The van der Waals surface area contributed by atoms with Gasteiger partial charge in [-0.2, -0.15) is 0 Å². The van der Waals surface area contributed by atoms with E-state index in [1.54, 1.807) is 4.90 Å². The summed E-state index contributed by atoms with van der Waals surface area (Å²) in [7, 11) is -3.31. The molecular weight excluding hydrogens is 398 g/mol.